The third-order valence-electron chi connectivity index (χ3n) is 2.80. The molecule has 2 aromatic rings. The van der Waals surface area contributed by atoms with Crippen LogP contribution in [0.15, 0.2) is 36.4 Å². The summed E-state index contributed by atoms with van der Waals surface area (Å²) < 4.78 is 5.82. The summed E-state index contributed by atoms with van der Waals surface area (Å²) in [5.41, 5.74) is 2.90. The van der Waals surface area contributed by atoms with Crippen LogP contribution in [0.3, 0.4) is 0 Å². The number of aryl methyl sites for hydroxylation is 1. The molecule has 0 aromatic heterocycles. The molecule has 0 spiro atoms. The molecule has 0 atom stereocenters. The van der Waals surface area contributed by atoms with Gasteiger partial charge in [0.1, 0.15) is 12.4 Å². The standard InChI is InChI=1S/C17H13Cl3O/c1-12-4-7-17(14(9-12)3-2-8-18)21-11-13-5-6-15(19)16(20)10-13/h4-7,9-10H,8,11H2,1H3. The van der Waals surface area contributed by atoms with Crippen LogP contribution in [0.25, 0.3) is 0 Å². The van der Waals surface area contributed by atoms with E-state index in [2.05, 4.69) is 11.8 Å². The van der Waals surface area contributed by atoms with Crippen molar-refractivity contribution in [3.63, 3.8) is 0 Å². The molecule has 0 saturated carbocycles. The molecule has 21 heavy (non-hydrogen) atoms. The molecular formula is C17H13Cl3O. The highest BCUT2D eigenvalue weighted by Crippen LogP contribution is 2.24. The lowest BCUT2D eigenvalue weighted by Crippen LogP contribution is -1.98. The van der Waals surface area contributed by atoms with Crippen molar-refractivity contribution in [3.05, 3.63) is 63.1 Å². The average molecular weight is 340 g/mol. The lowest BCUT2D eigenvalue weighted by atomic mass is 10.1. The van der Waals surface area contributed by atoms with E-state index in [4.69, 9.17) is 39.5 Å². The Labute approximate surface area is 139 Å². The van der Waals surface area contributed by atoms with E-state index in [-0.39, 0.29) is 0 Å². The predicted molar refractivity (Wildman–Crippen MR) is 89.6 cm³/mol. The van der Waals surface area contributed by atoms with E-state index in [9.17, 15) is 0 Å². The minimum atomic E-state index is 0.292. The molecule has 1 nitrogen and oxygen atoms in total. The number of alkyl halides is 1. The number of ether oxygens (including phenoxy) is 1. The molecule has 0 N–H and O–H groups in total. The zero-order valence-corrected chi connectivity index (χ0v) is 13.7. The van der Waals surface area contributed by atoms with Gasteiger partial charge in [-0.15, -0.1) is 11.6 Å². The summed E-state index contributed by atoms with van der Waals surface area (Å²) >= 11 is 17.5. The molecule has 0 aliphatic heterocycles. The summed E-state index contributed by atoms with van der Waals surface area (Å²) in [7, 11) is 0. The third kappa shape index (κ3) is 4.58. The maximum atomic E-state index is 5.99. The molecule has 0 unspecified atom stereocenters. The second kappa shape index (κ2) is 7.61. The molecule has 0 aliphatic rings. The van der Waals surface area contributed by atoms with Gasteiger partial charge in [0.2, 0.25) is 0 Å². The number of benzene rings is 2. The van der Waals surface area contributed by atoms with Gasteiger partial charge in [-0.3, -0.25) is 0 Å². The van der Waals surface area contributed by atoms with E-state index in [0.717, 1.165) is 22.4 Å². The summed E-state index contributed by atoms with van der Waals surface area (Å²) in [6.45, 7) is 2.41. The minimum absolute atomic E-state index is 0.292. The van der Waals surface area contributed by atoms with Crippen molar-refractivity contribution in [2.45, 2.75) is 13.5 Å². The van der Waals surface area contributed by atoms with Crippen LogP contribution in [0.5, 0.6) is 5.75 Å². The summed E-state index contributed by atoms with van der Waals surface area (Å²) in [4.78, 5) is 0. The van der Waals surface area contributed by atoms with Crippen LogP contribution in [0.4, 0.5) is 0 Å². The third-order valence-corrected chi connectivity index (χ3v) is 3.68. The lowest BCUT2D eigenvalue weighted by molar-refractivity contribution is 0.305. The van der Waals surface area contributed by atoms with E-state index in [0.29, 0.717) is 22.5 Å². The Morgan fingerprint density at radius 2 is 1.86 bits per heavy atom. The van der Waals surface area contributed by atoms with Gasteiger partial charge in [0.15, 0.2) is 0 Å². The quantitative estimate of drug-likeness (QED) is 0.532. The molecule has 0 heterocycles. The van der Waals surface area contributed by atoms with Crippen molar-refractivity contribution >= 4 is 34.8 Å². The number of rotatable bonds is 3. The van der Waals surface area contributed by atoms with Crippen molar-refractivity contribution in [1.29, 1.82) is 0 Å². The van der Waals surface area contributed by atoms with Crippen molar-refractivity contribution in [2.24, 2.45) is 0 Å². The molecule has 0 amide bonds. The zero-order valence-electron chi connectivity index (χ0n) is 11.4. The largest absolute Gasteiger partial charge is 0.488 e. The van der Waals surface area contributed by atoms with Crippen LogP contribution >= 0.6 is 34.8 Å². The number of halogens is 3. The molecule has 0 saturated heterocycles. The SMILES string of the molecule is Cc1ccc(OCc2ccc(Cl)c(Cl)c2)c(C#CCCl)c1. The van der Waals surface area contributed by atoms with E-state index < -0.39 is 0 Å². The van der Waals surface area contributed by atoms with E-state index in [1.165, 1.54) is 0 Å². The highest BCUT2D eigenvalue weighted by molar-refractivity contribution is 6.42. The monoisotopic (exact) mass is 338 g/mol. The summed E-state index contributed by atoms with van der Waals surface area (Å²) in [5.74, 6) is 6.87. The van der Waals surface area contributed by atoms with Crippen molar-refractivity contribution in [1.82, 2.24) is 0 Å². The van der Waals surface area contributed by atoms with Crippen LogP contribution in [0.1, 0.15) is 16.7 Å². The van der Waals surface area contributed by atoms with Gasteiger partial charge in [0, 0.05) is 0 Å². The van der Waals surface area contributed by atoms with Gasteiger partial charge in [0.25, 0.3) is 0 Å². The molecule has 0 bridgehead atoms. The van der Waals surface area contributed by atoms with Crippen LogP contribution in [-0.4, -0.2) is 5.88 Å². The van der Waals surface area contributed by atoms with Crippen LogP contribution in [0.2, 0.25) is 10.0 Å². The second-order valence-electron chi connectivity index (χ2n) is 4.47. The first-order valence-electron chi connectivity index (χ1n) is 6.32. The molecule has 0 fully saturated rings. The molecule has 108 valence electrons. The first-order valence-corrected chi connectivity index (χ1v) is 7.61. The molecule has 4 heteroatoms. The molecule has 0 aliphatic carbocycles. The van der Waals surface area contributed by atoms with Gasteiger partial charge in [-0.1, -0.05) is 47.2 Å². The normalized spacial score (nSPS) is 9.90. The Hall–Kier alpha value is -1.33. The molecule has 2 aromatic carbocycles. The highest BCUT2D eigenvalue weighted by Gasteiger charge is 2.04. The number of hydrogen-bond acceptors (Lipinski definition) is 1. The van der Waals surface area contributed by atoms with Crippen molar-refractivity contribution in [2.75, 3.05) is 5.88 Å². The van der Waals surface area contributed by atoms with Crippen LogP contribution in [0, 0.1) is 18.8 Å². The fourth-order valence-corrected chi connectivity index (χ4v) is 2.17. The maximum Gasteiger partial charge on any atom is 0.135 e. The topological polar surface area (TPSA) is 9.23 Å². The fourth-order valence-electron chi connectivity index (χ4n) is 1.79. The Bertz CT molecular complexity index is 699. The van der Waals surface area contributed by atoms with Crippen LogP contribution in [-0.2, 0) is 6.61 Å². The van der Waals surface area contributed by atoms with Gasteiger partial charge in [-0.2, -0.15) is 0 Å². The Kier molecular flexibility index (Phi) is 5.82. The van der Waals surface area contributed by atoms with Gasteiger partial charge in [0.05, 0.1) is 21.5 Å². The number of hydrogen-bond donors (Lipinski definition) is 0. The minimum Gasteiger partial charge on any atom is -0.488 e. The van der Waals surface area contributed by atoms with Gasteiger partial charge in [-0.05, 0) is 42.3 Å². The smallest absolute Gasteiger partial charge is 0.135 e. The summed E-state index contributed by atoms with van der Waals surface area (Å²) in [6, 6.07) is 11.3. The molecule has 2 rings (SSSR count). The Morgan fingerprint density at radius 1 is 1.05 bits per heavy atom. The summed E-state index contributed by atoms with van der Waals surface area (Å²) in [6.07, 6.45) is 0. The van der Waals surface area contributed by atoms with E-state index in [1.54, 1.807) is 12.1 Å². The first kappa shape index (κ1) is 16.0. The van der Waals surface area contributed by atoms with Crippen LogP contribution < -0.4 is 4.74 Å². The Balaban J connectivity index is 2.17. The van der Waals surface area contributed by atoms with Gasteiger partial charge in [-0.25, -0.2) is 0 Å². The van der Waals surface area contributed by atoms with E-state index >= 15 is 0 Å². The van der Waals surface area contributed by atoms with Gasteiger partial charge >= 0.3 is 0 Å². The van der Waals surface area contributed by atoms with Crippen molar-refractivity contribution < 1.29 is 4.74 Å². The predicted octanol–water partition coefficient (Wildman–Crippen LogP) is 5.47. The second-order valence-corrected chi connectivity index (χ2v) is 5.55. The van der Waals surface area contributed by atoms with Gasteiger partial charge < -0.3 is 4.74 Å². The Morgan fingerprint density at radius 3 is 2.57 bits per heavy atom. The van der Waals surface area contributed by atoms with Crippen molar-refractivity contribution in [3.8, 4) is 17.6 Å². The maximum absolute atomic E-state index is 5.99. The zero-order chi connectivity index (χ0) is 15.2. The highest BCUT2D eigenvalue weighted by atomic mass is 35.5. The lowest BCUT2D eigenvalue weighted by Gasteiger charge is -2.10. The van der Waals surface area contributed by atoms with E-state index in [1.807, 2.05) is 31.2 Å². The summed E-state index contributed by atoms with van der Waals surface area (Å²) in [5, 5.41) is 1.05. The molecular weight excluding hydrogens is 327 g/mol. The average Bonchev–Trinajstić information content (AvgIpc) is 2.47. The first-order chi connectivity index (χ1) is 10.1. The fraction of sp³-hybridized carbons (Fsp3) is 0.176. The molecule has 0 radical (unpaired) electrons.